The van der Waals surface area contributed by atoms with Crippen molar-refractivity contribution in [3.8, 4) is 0 Å². The minimum absolute atomic E-state index is 0.0306. The van der Waals surface area contributed by atoms with Gasteiger partial charge in [-0.3, -0.25) is 9.59 Å². The predicted molar refractivity (Wildman–Crippen MR) is 56.5 cm³/mol. The second kappa shape index (κ2) is 3.88. The fourth-order valence-corrected chi connectivity index (χ4v) is 2.10. The molecule has 15 heavy (non-hydrogen) atoms. The van der Waals surface area contributed by atoms with E-state index in [1.54, 1.807) is 10.6 Å². The minimum atomic E-state index is -0.363. The third kappa shape index (κ3) is 1.93. The number of hydrogen-bond acceptors (Lipinski definition) is 2. The molecule has 0 aromatic carbocycles. The third-order valence-electron chi connectivity index (χ3n) is 2.83. The van der Waals surface area contributed by atoms with Crippen molar-refractivity contribution in [2.75, 3.05) is 0 Å². The Morgan fingerprint density at radius 1 is 1.40 bits per heavy atom. The van der Waals surface area contributed by atoms with Crippen LogP contribution in [0.15, 0.2) is 16.9 Å². The summed E-state index contributed by atoms with van der Waals surface area (Å²) in [6.07, 6.45) is 3.29. The fourth-order valence-electron chi connectivity index (χ4n) is 2.10. The molecule has 0 aliphatic heterocycles. The van der Waals surface area contributed by atoms with Gasteiger partial charge in [-0.15, -0.1) is 0 Å². The number of rotatable bonds is 3. The highest BCUT2D eigenvalue weighted by atomic mass is 16.1. The largest absolute Gasteiger partial charge is 0.370 e. The molecule has 0 saturated carbocycles. The van der Waals surface area contributed by atoms with Gasteiger partial charge in [0.15, 0.2) is 0 Å². The molecule has 0 bridgehead atoms. The van der Waals surface area contributed by atoms with Crippen molar-refractivity contribution >= 4 is 5.91 Å². The second-order valence-electron chi connectivity index (χ2n) is 3.87. The molecular formula is C11H14N2O2. The van der Waals surface area contributed by atoms with Gasteiger partial charge in [0.1, 0.15) is 0 Å². The van der Waals surface area contributed by atoms with Gasteiger partial charge in [0.25, 0.3) is 5.56 Å². The smallest absolute Gasteiger partial charge is 0.250 e. The summed E-state index contributed by atoms with van der Waals surface area (Å²) in [5, 5.41) is 0. The van der Waals surface area contributed by atoms with Crippen LogP contribution in [0.5, 0.6) is 0 Å². The van der Waals surface area contributed by atoms with Crippen molar-refractivity contribution in [3.05, 3.63) is 33.7 Å². The third-order valence-corrected chi connectivity index (χ3v) is 2.83. The van der Waals surface area contributed by atoms with Gasteiger partial charge < -0.3 is 10.3 Å². The number of aryl methyl sites for hydroxylation is 1. The molecular weight excluding hydrogens is 192 g/mol. The molecule has 2 N–H and O–H groups in total. The van der Waals surface area contributed by atoms with Gasteiger partial charge >= 0.3 is 0 Å². The molecule has 1 aliphatic rings. The van der Waals surface area contributed by atoms with Crippen LogP contribution in [0.1, 0.15) is 24.1 Å². The average Bonchev–Trinajstić information content (AvgIpc) is 2.63. The lowest BCUT2D eigenvalue weighted by atomic mass is 10.2. The molecule has 2 rings (SSSR count). The molecule has 0 spiro atoms. The van der Waals surface area contributed by atoms with Gasteiger partial charge in [-0.25, -0.2) is 0 Å². The number of primary amides is 1. The Bertz CT molecular complexity index is 448. The summed E-state index contributed by atoms with van der Waals surface area (Å²) >= 11 is 0. The van der Waals surface area contributed by atoms with Crippen LogP contribution in [0.25, 0.3) is 0 Å². The first kappa shape index (κ1) is 9.96. The van der Waals surface area contributed by atoms with E-state index >= 15 is 0 Å². The van der Waals surface area contributed by atoms with Gasteiger partial charge in [0.05, 0.1) is 0 Å². The number of carbonyl (C=O) groups is 1. The summed E-state index contributed by atoms with van der Waals surface area (Å²) in [5.74, 6) is -0.363. The number of nitrogens with two attached hydrogens (primary N) is 1. The number of hydrogen-bond donors (Lipinski definition) is 1. The number of aromatic nitrogens is 1. The molecule has 80 valence electrons. The zero-order valence-electron chi connectivity index (χ0n) is 8.53. The van der Waals surface area contributed by atoms with Crippen molar-refractivity contribution in [3.63, 3.8) is 0 Å². The van der Waals surface area contributed by atoms with Crippen molar-refractivity contribution < 1.29 is 4.79 Å². The van der Waals surface area contributed by atoms with E-state index in [0.717, 1.165) is 25.0 Å². The lowest BCUT2D eigenvalue weighted by molar-refractivity contribution is -0.118. The zero-order valence-corrected chi connectivity index (χ0v) is 8.53. The minimum Gasteiger partial charge on any atom is -0.370 e. The van der Waals surface area contributed by atoms with E-state index in [1.165, 1.54) is 5.56 Å². The monoisotopic (exact) mass is 206 g/mol. The van der Waals surface area contributed by atoms with Crippen molar-refractivity contribution in [2.45, 2.75) is 32.2 Å². The molecule has 0 saturated heterocycles. The van der Waals surface area contributed by atoms with Crippen LogP contribution in [-0.4, -0.2) is 10.5 Å². The van der Waals surface area contributed by atoms with Crippen molar-refractivity contribution in [2.24, 2.45) is 5.73 Å². The van der Waals surface area contributed by atoms with Crippen LogP contribution >= 0.6 is 0 Å². The predicted octanol–water partition coefficient (Wildman–Crippen LogP) is 0.212. The van der Waals surface area contributed by atoms with Crippen molar-refractivity contribution in [1.82, 2.24) is 4.57 Å². The number of fused-ring (bicyclic) bond motifs is 1. The topological polar surface area (TPSA) is 65.1 Å². The molecule has 1 aliphatic carbocycles. The van der Waals surface area contributed by atoms with E-state index in [0.29, 0.717) is 6.54 Å². The van der Waals surface area contributed by atoms with Gasteiger partial charge in [-0.1, -0.05) is 6.07 Å². The summed E-state index contributed by atoms with van der Waals surface area (Å²) in [6, 6.07) is 3.47. The molecule has 0 atom stereocenters. The standard InChI is InChI=1S/C11H14N2O2/c12-10(14)6-7-13-9-3-1-2-8(9)4-5-11(13)15/h4-5H,1-3,6-7H2,(H2,12,14). The van der Waals surface area contributed by atoms with Crippen LogP contribution < -0.4 is 11.3 Å². The van der Waals surface area contributed by atoms with E-state index in [4.69, 9.17) is 5.73 Å². The summed E-state index contributed by atoms with van der Waals surface area (Å²) < 4.78 is 1.69. The molecule has 0 radical (unpaired) electrons. The Kier molecular flexibility index (Phi) is 2.58. The Balaban J connectivity index is 2.33. The first-order valence-electron chi connectivity index (χ1n) is 5.18. The van der Waals surface area contributed by atoms with Crippen LogP contribution in [0.2, 0.25) is 0 Å². The maximum absolute atomic E-state index is 11.6. The van der Waals surface area contributed by atoms with Gasteiger partial charge in [0, 0.05) is 24.7 Å². The quantitative estimate of drug-likeness (QED) is 0.768. The first-order chi connectivity index (χ1) is 7.18. The van der Waals surface area contributed by atoms with Crippen LogP contribution in [-0.2, 0) is 24.2 Å². The first-order valence-corrected chi connectivity index (χ1v) is 5.18. The summed E-state index contributed by atoms with van der Waals surface area (Å²) in [7, 11) is 0. The lowest BCUT2D eigenvalue weighted by Gasteiger charge is -2.10. The van der Waals surface area contributed by atoms with E-state index < -0.39 is 0 Å². The van der Waals surface area contributed by atoms with E-state index in [-0.39, 0.29) is 17.9 Å². The summed E-state index contributed by atoms with van der Waals surface area (Å²) in [6.45, 7) is 0.414. The van der Waals surface area contributed by atoms with Crippen LogP contribution in [0.3, 0.4) is 0 Å². The normalized spacial score (nSPS) is 13.9. The van der Waals surface area contributed by atoms with Crippen molar-refractivity contribution in [1.29, 1.82) is 0 Å². The molecule has 1 aromatic heterocycles. The molecule has 0 fully saturated rings. The van der Waals surface area contributed by atoms with Gasteiger partial charge in [-0.05, 0) is 24.8 Å². The zero-order chi connectivity index (χ0) is 10.8. The summed E-state index contributed by atoms with van der Waals surface area (Å²) in [5.41, 5.74) is 7.37. The highest BCUT2D eigenvalue weighted by molar-refractivity contribution is 5.73. The Morgan fingerprint density at radius 2 is 2.20 bits per heavy atom. The van der Waals surface area contributed by atoms with E-state index in [9.17, 15) is 9.59 Å². The van der Waals surface area contributed by atoms with E-state index in [2.05, 4.69) is 0 Å². The Labute approximate surface area is 87.7 Å². The molecule has 1 amide bonds. The Hall–Kier alpha value is -1.58. The molecule has 4 heteroatoms. The lowest BCUT2D eigenvalue weighted by Crippen LogP contribution is -2.25. The molecule has 0 unspecified atom stereocenters. The maximum atomic E-state index is 11.6. The van der Waals surface area contributed by atoms with Crippen LogP contribution in [0.4, 0.5) is 0 Å². The van der Waals surface area contributed by atoms with E-state index in [1.807, 2.05) is 6.07 Å². The highest BCUT2D eigenvalue weighted by Crippen LogP contribution is 2.19. The van der Waals surface area contributed by atoms with Gasteiger partial charge in [-0.2, -0.15) is 0 Å². The number of pyridine rings is 1. The fraction of sp³-hybridized carbons (Fsp3) is 0.455. The molecule has 1 aromatic rings. The second-order valence-corrected chi connectivity index (χ2v) is 3.87. The average molecular weight is 206 g/mol. The SMILES string of the molecule is NC(=O)CCn1c2c(ccc1=O)CCC2. The number of nitrogens with zero attached hydrogens (tertiary/aromatic N) is 1. The number of amides is 1. The Morgan fingerprint density at radius 3 is 2.93 bits per heavy atom. The van der Waals surface area contributed by atoms with Crippen LogP contribution in [0, 0.1) is 0 Å². The molecule has 1 heterocycles. The highest BCUT2D eigenvalue weighted by Gasteiger charge is 2.15. The number of carbonyl (C=O) groups excluding carboxylic acids is 1. The van der Waals surface area contributed by atoms with Gasteiger partial charge in [0.2, 0.25) is 5.91 Å². The molecule has 4 nitrogen and oxygen atoms in total. The maximum Gasteiger partial charge on any atom is 0.250 e. The summed E-state index contributed by atoms with van der Waals surface area (Å²) in [4.78, 5) is 22.3.